The summed E-state index contributed by atoms with van der Waals surface area (Å²) in [5, 5.41) is 125. The van der Waals surface area contributed by atoms with Crippen LogP contribution in [0, 0.1) is 34.6 Å². The van der Waals surface area contributed by atoms with Crippen LogP contribution in [-0.2, 0) is 67.3 Å². The van der Waals surface area contributed by atoms with E-state index in [0.29, 0.717) is 88.2 Å². The number of aryl methyl sites for hydroxylation is 5. The van der Waals surface area contributed by atoms with E-state index >= 15 is 0 Å². The quantitative estimate of drug-likeness (QED) is 0.0186. The first kappa shape index (κ1) is 102. The lowest BCUT2D eigenvalue weighted by atomic mass is 9.64. The monoisotopic (exact) mass is 1740 g/mol. The predicted molar refractivity (Wildman–Crippen MR) is 469 cm³/mol. The van der Waals surface area contributed by atoms with E-state index in [1.54, 1.807) is 25.1 Å². The van der Waals surface area contributed by atoms with Crippen LogP contribution >= 0.6 is 0 Å². The highest BCUT2D eigenvalue weighted by Gasteiger charge is 2.45. The third-order valence-corrected chi connectivity index (χ3v) is 22.1. The molecule has 672 valence electrons. The van der Waals surface area contributed by atoms with Gasteiger partial charge < -0.3 is 93.8 Å². The van der Waals surface area contributed by atoms with Crippen molar-refractivity contribution in [1.29, 1.82) is 0 Å². The SMILES string of the molecule is CCCC(=O)C[C@H]1Cc2cc(C)cc(C(=O)O)c2OB1O.CCCC(=O)C[C@H]1Cc2cc(C)cc(C(=O)O)c2OB1O.CCCC(=O)C[C@H]1Cc2cc(C)cc(C(=O)O)c2OB1O.CCCC(=O)C[C@H]1Cc2cc(C)cc(C(=O)O)c2OB1O.CCCC(=O)C[C@H]1Cc2ccc(C)c(C(=O)O)c2OB1O.CCCC(=O)C[C@H]1Cc2ccc(O)c(C(=O)O)c2OB1O. The summed E-state index contributed by atoms with van der Waals surface area (Å²) < 4.78 is 32.3. The lowest BCUT2D eigenvalue weighted by Crippen LogP contribution is -2.36. The molecule has 0 saturated carbocycles. The van der Waals surface area contributed by atoms with Gasteiger partial charge in [0.05, 0.1) is 0 Å². The summed E-state index contributed by atoms with van der Waals surface area (Å²) in [5.41, 5.74) is 8.13. The molecule has 6 aromatic carbocycles. The Morgan fingerprint density at radius 3 is 0.683 bits per heavy atom. The molecule has 0 fully saturated rings. The number of carboxylic acid groups (broad SMARTS) is 6. The smallest absolute Gasteiger partial charge is 0.526 e. The summed E-state index contributed by atoms with van der Waals surface area (Å²) >= 11 is 0. The normalized spacial score (nSPS) is 17.1. The van der Waals surface area contributed by atoms with E-state index in [1.807, 2.05) is 93.5 Å². The highest BCUT2D eigenvalue weighted by atomic mass is 16.5. The molecular formula is C89H112B6O31. The highest BCUT2D eigenvalue weighted by Crippen LogP contribution is 2.45. The Balaban J connectivity index is 0.000000207. The van der Waals surface area contributed by atoms with E-state index in [1.165, 1.54) is 30.3 Å². The van der Waals surface area contributed by atoms with Crippen LogP contribution < -0.4 is 27.9 Å². The fourth-order valence-electron chi connectivity index (χ4n) is 16.3. The van der Waals surface area contributed by atoms with Gasteiger partial charge in [0.2, 0.25) is 0 Å². The van der Waals surface area contributed by atoms with Crippen LogP contribution in [0.2, 0.25) is 34.9 Å². The summed E-state index contributed by atoms with van der Waals surface area (Å²) in [6.07, 6.45) is 11.6. The van der Waals surface area contributed by atoms with Gasteiger partial charge in [-0.05, 0) is 203 Å². The molecule has 0 unspecified atom stereocenters. The van der Waals surface area contributed by atoms with Crippen molar-refractivity contribution < 1.29 is 151 Å². The van der Waals surface area contributed by atoms with Crippen molar-refractivity contribution in [3.8, 4) is 40.2 Å². The van der Waals surface area contributed by atoms with E-state index in [2.05, 4.69) is 0 Å². The number of fused-ring (bicyclic) bond motifs is 6. The number of rotatable bonds is 30. The fourth-order valence-corrected chi connectivity index (χ4v) is 16.3. The first-order valence-electron chi connectivity index (χ1n) is 42.6. The number of hydrogen-bond donors (Lipinski definition) is 13. The molecule has 6 heterocycles. The Morgan fingerprint density at radius 2 is 0.476 bits per heavy atom. The number of Topliss-reactive ketones (excluding diaryl/α,β-unsaturated/α-hetero) is 6. The first-order valence-corrected chi connectivity index (χ1v) is 42.6. The van der Waals surface area contributed by atoms with Gasteiger partial charge in [-0.25, -0.2) is 28.8 Å². The summed E-state index contributed by atoms with van der Waals surface area (Å²) in [6.45, 7) is 20.5. The molecule has 37 heteroatoms. The number of aromatic carboxylic acids is 6. The van der Waals surface area contributed by atoms with Crippen LogP contribution in [0.5, 0.6) is 40.2 Å². The first-order chi connectivity index (χ1) is 59.5. The molecule has 0 bridgehead atoms. The Morgan fingerprint density at radius 1 is 0.278 bits per heavy atom. The molecule has 31 nitrogen and oxygen atoms in total. The number of hydrogen-bond acceptors (Lipinski definition) is 25. The van der Waals surface area contributed by atoms with E-state index < -0.39 is 90.1 Å². The minimum atomic E-state index is -1.32. The maximum absolute atomic E-state index is 11.8. The third kappa shape index (κ3) is 28.0. The number of phenols is 1. The second-order valence-electron chi connectivity index (χ2n) is 33.0. The zero-order valence-electron chi connectivity index (χ0n) is 73.0. The molecule has 6 aliphatic rings. The summed E-state index contributed by atoms with van der Waals surface area (Å²) in [4.78, 5) is 138. The van der Waals surface area contributed by atoms with E-state index in [0.717, 1.165) is 88.6 Å². The maximum Gasteiger partial charge on any atom is 0.526 e. The van der Waals surface area contributed by atoms with Crippen LogP contribution in [-0.4, -0.2) is 179 Å². The van der Waals surface area contributed by atoms with Gasteiger partial charge in [0.15, 0.2) is 0 Å². The van der Waals surface area contributed by atoms with Crippen molar-refractivity contribution in [3.63, 3.8) is 0 Å². The van der Waals surface area contributed by atoms with Crippen LogP contribution in [0.15, 0.2) is 72.8 Å². The Kier molecular flexibility index (Phi) is 38.4. The molecule has 6 aromatic rings. The molecule has 0 saturated heterocycles. The van der Waals surface area contributed by atoms with Gasteiger partial charge in [0.25, 0.3) is 0 Å². The van der Waals surface area contributed by atoms with Crippen molar-refractivity contribution in [2.24, 2.45) is 0 Å². The average molecular weight is 1740 g/mol. The molecule has 6 aliphatic heterocycles. The summed E-state index contributed by atoms with van der Waals surface area (Å²) in [7, 11) is -6.95. The highest BCUT2D eigenvalue weighted by molar-refractivity contribution is 6.49. The zero-order chi connectivity index (χ0) is 93.4. The number of ketones is 6. The van der Waals surface area contributed by atoms with Crippen LogP contribution in [0.25, 0.3) is 0 Å². The molecule has 0 aromatic heterocycles. The minimum absolute atomic E-state index is 0.0193. The topological polar surface area (TPSA) is 523 Å². The van der Waals surface area contributed by atoms with Gasteiger partial charge in [0, 0.05) is 112 Å². The van der Waals surface area contributed by atoms with Gasteiger partial charge in [-0.15, -0.1) is 0 Å². The third-order valence-electron chi connectivity index (χ3n) is 22.1. The van der Waals surface area contributed by atoms with E-state index in [9.17, 15) is 118 Å². The van der Waals surface area contributed by atoms with Gasteiger partial charge in [-0.3, -0.25) is 28.8 Å². The van der Waals surface area contributed by atoms with Crippen molar-refractivity contribution in [3.05, 3.63) is 167 Å². The average Bonchev–Trinajstić information content (AvgIpc) is 0.787. The number of carbonyl (C=O) groups is 12. The van der Waals surface area contributed by atoms with Crippen molar-refractivity contribution in [2.45, 2.75) is 265 Å². The fraction of sp³-hybridized carbons (Fsp3) is 0.461. The Hall–Kier alpha value is -11.1. The van der Waals surface area contributed by atoms with Gasteiger partial charge >= 0.3 is 78.5 Å². The van der Waals surface area contributed by atoms with Crippen LogP contribution in [0.3, 0.4) is 0 Å². The van der Waals surface area contributed by atoms with Crippen molar-refractivity contribution >= 4 is 113 Å². The van der Waals surface area contributed by atoms with Crippen molar-refractivity contribution in [1.82, 2.24) is 0 Å². The van der Waals surface area contributed by atoms with Gasteiger partial charge in [-0.2, -0.15) is 0 Å². The number of benzene rings is 6. The molecule has 0 amide bonds. The van der Waals surface area contributed by atoms with Crippen LogP contribution in [0.4, 0.5) is 0 Å². The van der Waals surface area contributed by atoms with E-state index in [-0.39, 0.29) is 170 Å². The second kappa shape index (κ2) is 47.5. The maximum atomic E-state index is 11.8. The molecule has 0 radical (unpaired) electrons. The molecular weight excluding hydrogens is 1630 g/mol. The second-order valence-corrected chi connectivity index (χ2v) is 33.0. The summed E-state index contributed by atoms with van der Waals surface area (Å²) in [5.74, 6) is -7.49. The molecule has 0 spiro atoms. The zero-order valence-corrected chi connectivity index (χ0v) is 73.0. The van der Waals surface area contributed by atoms with Crippen LogP contribution in [0.1, 0.15) is 280 Å². The standard InChI is InChI=1S/5C15H19BO5.C14H17BO6/c4*1-3-4-12(17)8-11-7-10-5-9(2)6-13(15(18)19)14(10)21-16(11)20;1-3-4-12(17)8-11-7-10-6-5-9(2)13(15(18)19)14(10)21-16(11)20;1-2-3-10(16)7-9-6-8-4-5-11(17)12(14(18)19)13(8)21-15(9)20/h5*5-6,11,20H,3-4,7-8H2,1-2H3,(H,18,19);4-5,9,17,20H,2-3,6-7H2,1H3,(H,18,19)/t5*11-;9-/m111111/s1. The molecule has 13 N–H and O–H groups in total. The van der Waals surface area contributed by atoms with Gasteiger partial charge in [0.1, 0.15) is 108 Å². The van der Waals surface area contributed by atoms with E-state index in [4.69, 9.17) is 33.0 Å². The molecule has 0 aliphatic carbocycles. The van der Waals surface area contributed by atoms with Gasteiger partial charge in [-0.1, -0.05) is 84.0 Å². The Labute approximate surface area is 733 Å². The Bertz CT molecular complexity index is 4480. The lowest BCUT2D eigenvalue weighted by molar-refractivity contribution is -0.120. The lowest BCUT2D eigenvalue weighted by Gasteiger charge is -2.28. The minimum Gasteiger partial charge on any atom is -0.535 e. The van der Waals surface area contributed by atoms with Crippen molar-refractivity contribution in [2.75, 3.05) is 0 Å². The number of carbonyl (C=O) groups excluding carboxylic acids is 6. The summed E-state index contributed by atoms with van der Waals surface area (Å²) in [6, 6.07) is 19.9. The predicted octanol–water partition coefficient (Wildman–Crippen LogP) is 12.8. The number of aromatic hydroxyl groups is 1. The largest absolute Gasteiger partial charge is 0.535 e. The number of carboxylic acids is 6. The molecule has 6 atom stereocenters. The molecule has 12 rings (SSSR count). The molecule has 126 heavy (non-hydrogen) atoms.